The van der Waals surface area contributed by atoms with Crippen LogP contribution in [0, 0.1) is 17.5 Å². The fourth-order valence-corrected chi connectivity index (χ4v) is 1.85. The molecule has 0 atom stereocenters. The second kappa shape index (κ2) is 6.15. The van der Waals surface area contributed by atoms with Crippen LogP contribution in [0.15, 0.2) is 30.3 Å². The minimum Gasteiger partial charge on any atom is -0.483 e. The molecule has 0 aliphatic heterocycles. The molecule has 0 spiro atoms. The molecule has 0 heterocycles. The highest BCUT2D eigenvalue weighted by atomic mass is 35.5. The molecule has 106 valence electrons. The Morgan fingerprint density at radius 1 is 1.10 bits per heavy atom. The van der Waals surface area contributed by atoms with Crippen LogP contribution in [0.3, 0.4) is 0 Å². The molecular weight excluding hydrogens is 293 g/mol. The lowest BCUT2D eigenvalue weighted by molar-refractivity contribution is 0.263. The lowest BCUT2D eigenvalue weighted by Gasteiger charge is -2.10. The Balaban J connectivity index is 2.21. The molecule has 2 aromatic rings. The molecule has 20 heavy (non-hydrogen) atoms. The first-order chi connectivity index (χ1) is 9.52. The summed E-state index contributed by atoms with van der Waals surface area (Å²) in [5.41, 5.74) is 0.170. The number of benzene rings is 2. The number of rotatable bonds is 4. The standard InChI is InChI=1S/C14H10ClF3O2/c15-10-3-1-2-9(13(10)18)7-20-14-11(16)4-8(6-19)5-12(14)17/h1-5,19H,6-7H2. The van der Waals surface area contributed by atoms with Gasteiger partial charge in [-0.15, -0.1) is 0 Å². The van der Waals surface area contributed by atoms with E-state index in [0.717, 1.165) is 12.1 Å². The summed E-state index contributed by atoms with van der Waals surface area (Å²) in [4.78, 5) is 0. The first-order valence-electron chi connectivity index (χ1n) is 5.67. The highest BCUT2D eigenvalue weighted by Gasteiger charge is 2.14. The van der Waals surface area contributed by atoms with Gasteiger partial charge in [-0.25, -0.2) is 13.2 Å². The van der Waals surface area contributed by atoms with Crippen molar-refractivity contribution < 1.29 is 23.0 Å². The predicted octanol–water partition coefficient (Wildman–Crippen LogP) is 3.83. The second-order valence-corrected chi connectivity index (χ2v) is 4.46. The zero-order valence-electron chi connectivity index (χ0n) is 10.2. The molecule has 0 bridgehead atoms. The number of halogens is 4. The number of hydrogen-bond donors (Lipinski definition) is 1. The van der Waals surface area contributed by atoms with E-state index < -0.39 is 29.8 Å². The van der Waals surface area contributed by atoms with Crippen LogP contribution in [0.1, 0.15) is 11.1 Å². The van der Waals surface area contributed by atoms with E-state index in [2.05, 4.69) is 0 Å². The number of ether oxygens (including phenoxy) is 1. The average molecular weight is 303 g/mol. The summed E-state index contributed by atoms with van der Waals surface area (Å²) in [5, 5.41) is 8.72. The zero-order valence-corrected chi connectivity index (χ0v) is 10.9. The highest BCUT2D eigenvalue weighted by molar-refractivity contribution is 6.30. The third kappa shape index (κ3) is 3.05. The normalized spacial score (nSPS) is 10.7. The van der Waals surface area contributed by atoms with Crippen molar-refractivity contribution in [1.29, 1.82) is 0 Å². The molecule has 2 rings (SSSR count). The third-order valence-corrected chi connectivity index (χ3v) is 2.94. The molecule has 0 aromatic heterocycles. The summed E-state index contributed by atoms with van der Waals surface area (Å²) >= 11 is 5.59. The van der Waals surface area contributed by atoms with E-state index in [-0.39, 0.29) is 22.8 Å². The Hall–Kier alpha value is -1.72. The quantitative estimate of drug-likeness (QED) is 0.930. The molecule has 0 amide bonds. The predicted molar refractivity (Wildman–Crippen MR) is 68.0 cm³/mol. The molecule has 6 heteroatoms. The smallest absolute Gasteiger partial charge is 0.191 e. The summed E-state index contributed by atoms with van der Waals surface area (Å²) in [6.07, 6.45) is 0. The molecule has 2 nitrogen and oxygen atoms in total. The van der Waals surface area contributed by atoms with Gasteiger partial charge in [-0.3, -0.25) is 0 Å². The molecule has 0 unspecified atom stereocenters. The molecule has 0 aliphatic rings. The zero-order chi connectivity index (χ0) is 14.7. The maximum absolute atomic E-state index is 13.6. The van der Waals surface area contributed by atoms with Crippen molar-refractivity contribution in [2.24, 2.45) is 0 Å². The lowest BCUT2D eigenvalue weighted by Crippen LogP contribution is -2.03. The number of hydrogen-bond acceptors (Lipinski definition) is 2. The average Bonchev–Trinajstić information content (AvgIpc) is 2.42. The maximum Gasteiger partial charge on any atom is 0.191 e. The first kappa shape index (κ1) is 14.7. The van der Waals surface area contributed by atoms with Gasteiger partial charge in [0, 0.05) is 5.56 Å². The van der Waals surface area contributed by atoms with E-state index in [4.69, 9.17) is 21.4 Å². The maximum atomic E-state index is 13.6. The van der Waals surface area contributed by atoms with Gasteiger partial charge in [0.05, 0.1) is 11.6 Å². The minimum absolute atomic E-state index is 0.0845. The molecule has 0 saturated carbocycles. The fraction of sp³-hybridized carbons (Fsp3) is 0.143. The van der Waals surface area contributed by atoms with E-state index in [1.54, 1.807) is 0 Å². The van der Waals surface area contributed by atoms with E-state index in [0.29, 0.717) is 0 Å². The van der Waals surface area contributed by atoms with Gasteiger partial charge in [0.2, 0.25) is 0 Å². The van der Waals surface area contributed by atoms with Gasteiger partial charge >= 0.3 is 0 Å². The second-order valence-electron chi connectivity index (χ2n) is 4.05. The van der Waals surface area contributed by atoms with Gasteiger partial charge in [0.1, 0.15) is 12.4 Å². The first-order valence-corrected chi connectivity index (χ1v) is 6.05. The van der Waals surface area contributed by atoms with Gasteiger partial charge in [0.15, 0.2) is 17.4 Å². The van der Waals surface area contributed by atoms with Crippen molar-refractivity contribution in [1.82, 2.24) is 0 Å². The van der Waals surface area contributed by atoms with Crippen LogP contribution in [0.5, 0.6) is 5.75 Å². The van der Waals surface area contributed by atoms with E-state index in [1.807, 2.05) is 0 Å². The van der Waals surface area contributed by atoms with Gasteiger partial charge < -0.3 is 9.84 Å². The molecule has 0 saturated heterocycles. The van der Waals surface area contributed by atoms with Crippen molar-refractivity contribution >= 4 is 11.6 Å². The molecule has 0 radical (unpaired) electrons. The topological polar surface area (TPSA) is 29.5 Å². The van der Waals surface area contributed by atoms with Crippen molar-refractivity contribution in [3.05, 3.63) is 63.9 Å². The van der Waals surface area contributed by atoms with Crippen LogP contribution < -0.4 is 4.74 Å². The molecule has 0 fully saturated rings. The summed E-state index contributed by atoms with van der Waals surface area (Å²) < 4.78 is 45.7. The van der Waals surface area contributed by atoms with Crippen LogP contribution in [-0.4, -0.2) is 5.11 Å². The minimum atomic E-state index is -0.962. The van der Waals surface area contributed by atoms with Crippen molar-refractivity contribution in [3.63, 3.8) is 0 Å². The monoisotopic (exact) mass is 302 g/mol. The summed E-state index contributed by atoms with van der Waals surface area (Å²) in [5.74, 6) is -3.24. The van der Waals surface area contributed by atoms with E-state index in [9.17, 15) is 13.2 Å². The van der Waals surface area contributed by atoms with Gasteiger partial charge in [-0.05, 0) is 23.8 Å². The van der Waals surface area contributed by atoms with Crippen LogP contribution >= 0.6 is 11.6 Å². The van der Waals surface area contributed by atoms with Crippen LogP contribution in [0.2, 0.25) is 5.02 Å². The van der Waals surface area contributed by atoms with Gasteiger partial charge in [0.25, 0.3) is 0 Å². The Bertz CT molecular complexity index is 609. The number of aliphatic hydroxyl groups is 1. The number of aliphatic hydroxyl groups excluding tert-OH is 1. The Morgan fingerprint density at radius 3 is 2.35 bits per heavy atom. The fourth-order valence-electron chi connectivity index (χ4n) is 1.65. The molecular formula is C14H10ClF3O2. The summed E-state index contributed by atoms with van der Waals surface area (Å²) in [6, 6.07) is 6.17. The van der Waals surface area contributed by atoms with Crippen LogP contribution in [0.25, 0.3) is 0 Å². The van der Waals surface area contributed by atoms with Crippen LogP contribution in [0.4, 0.5) is 13.2 Å². The molecule has 1 N–H and O–H groups in total. The Morgan fingerprint density at radius 2 is 1.75 bits per heavy atom. The molecule has 2 aromatic carbocycles. The SMILES string of the molecule is OCc1cc(F)c(OCc2cccc(Cl)c2F)c(F)c1. The Labute approximate surface area is 118 Å². The van der Waals surface area contributed by atoms with Crippen molar-refractivity contribution in [2.75, 3.05) is 0 Å². The summed E-state index contributed by atoms with van der Waals surface area (Å²) in [7, 11) is 0. The third-order valence-electron chi connectivity index (χ3n) is 2.64. The lowest BCUT2D eigenvalue weighted by atomic mass is 10.2. The van der Waals surface area contributed by atoms with Crippen molar-refractivity contribution in [2.45, 2.75) is 13.2 Å². The van der Waals surface area contributed by atoms with Crippen LogP contribution in [-0.2, 0) is 13.2 Å². The highest BCUT2D eigenvalue weighted by Crippen LogP contribution is 2.25. The Kier molecular flexibility index (Phi) is 4.52. The van der Waals surface area contributed by atoms with Crippen molar-refractivity contribution in [3.8, 4) is 5.75 Å². The van der Waals surface area contributed by atoms with E-state index >= 15 is 0 Å². The summed E-state index contributed by atoms with van der Waals surface area (Å²) in [6.45, 7) is -0.851. The van der Waals surface area contributed by atoms with Gasteiger partial charge in [-0.1, -0.05) is 23.7 Å². The van der Waals surface area contributed by atoms with Gasteiger partial charge in [-0.2, -0.15) is 0 Å². The largest absolute Gasteiger partial charge is 0.483 e. The molecule has 0 aliphatic carbocycles. The van der Waals surface area contributed by atoms with E-state index in [1.165, 1.54) is 18.2 Å².